The highest BCUT2D eigenvalue weighted by Crippen LogP contribution is 2.18. The van der Waals surface area contributed by atoms with Crippen molar-refractivity contribution in [2.24, 2.45) is 0 Å². The molecule has 0 atom stereocenters. The average Bonchev–Trinajstić information content (AvgIpc) is 2.31. The van der Waals surface area contributed by atoms with Crippen molar-refractivity contribution in [1.29, 1.82) is 0 Å². The van der Waals surface area contributed by atoms with Gasteiger partial charge in [-0.15, -0.1) is 0 Å². The van der Waals surface area contributed by atoms with Crippen LogP contribution >= 0.6 is 0 Å². The van der Waals surface area contributed by atoms with Crippen LogP contribution in [0.1, 0.15) is 13.3 Å². The van der Waals surface area contributed by atoms with Crippen LogP contribution in [0.2, 0.25) is 0 Å². The van der Waals surface area contributed by atoms with Gasteiger partial charge in [-0.3, -0.25) is 4.72 Å². The van der Waals surface area contributed by atoms with Gasteiger partial charge < -0.3 is 5.32 Å². The zero-order chi connectivity index (χ0) is 14.5. The Morgan fingerprint density at radius 3 is 2.21 bits per heavy atom. The molecule has 8 heteroatoms. The van der Waals surface area contributed by atoms with Gasteiger partial charge in [0, 0.05) is 18.7 Å². The Morgan fingerprint density at radius 1 is 1.11 bits per heavy atom. The molecule has 0 aliphatic carbocycles. The Morgan fingerprint density at radius 2 is 1.68 bits per heavy atom. The summed E-state index contributed by atoms with van der Waals surface area (Å²) in [6, 6.07) is 1.19. The van der Waals surface area contributed by atoms with Crippen LogP contribution < -0.4 is 10.0 Å². The van der Waals surface area contributed by atoms with Crippen molar-refractivity contribution in [2.75, 3.05) is 23.6 Å². The first-order valence-electron chi connectivity index (χ1n) is 5.71. The molecule has 19 heavy (non-hydrogen) atoms. The minimum Gasteiger partial charge on any atom is -0.316 e. The zero-order valence-corrected chi connectivity index (χ0v) is 11.2. The maximum atomic E-state index is 12.9. The second-order valence-electron chi connectivity index (χ2n) is 3.92. The predicted octanol–water partition coefficient (Wildman–Crippen LogP) is 1.85. The molecule has 0 saturated heterocycles. The summed E-state index contributed by atoms with van der Waals surface area (Å²) in [5, 5.41) is 2.88. The van der Waals surface area contributed by atoms with E-state index in [9.17, 15) is 21.6 Å². The third-order valence-corrected chi connectivity index (χ3v) is 3.52. The van der Waals surface area contributed by atoms with Crippen molar-refractivity contribution in [2.45, 2.75) is 13.3 Å². The fraction of sp³-hybridized carbons (Fsp3) is 0.455. The number of nitrogens with one attached hydrogen (secondary N) is 2. The Kier molecular flexibility index (Phi) is 5.61. The lowest BCUT2D eigenvalue weighted by Crippen LogP contribution is -2.27. The number of sulfonamides is 1. The molecular formula is C11H15F3N2O2S. The van der Waals surface area contributed by atoms with Crippen molar-refractivity contribution < 1.29 is 21.6 Å². The van der Waals surface area contributed by atoms with E-state index in [0.717, 1.165) is 6.42 Å². The topological polar surface area (TPSA) is 58.2 Å². The van der Waals surface area contributed by atoms with Gasteiger partial charge in [0.15, 0.2) is 17.5 Å². The molecule has 0 fully saturated rings. The van der Waals surface area contributed by atoms with Gasteiger partial charge in [-0.1, -0.05) is 6.92 Å². The monoisotopic (exact) mass is 296 g/mol. The van der Waals surface area contributed by atoms with Gasteiger partial charge in [0.1, 0.15) is 0 Å². The van der Waals surface area contributed by atoms with E-state index in [-0.39, 0.29) is 18.0 Å². The zero-order valence-electron chi connectivity index (χ0n) is 10.3. The lowest BCUT2D eigenvalue weighted by atomic mass is 10.3. The average molecular weight is 296 g/mol. The Hall–Kier alpha value is -1.28. The number of hydrogen-bond donors (Lipinski definition) is 2. The third-order valence-electron chi connectivity index (χ3n) is 2.23. The quantitative estimate of drug-likeness (QED) is 0.596. The summed E-state index contributed by atoms with van der Waals surface area (Å²) in [6.07, 6.45) is 0.863. The number of halogens is 3. The second kappa shape index (κ2) is 6.76. The fourth-order valence-electron chi connectivity index (χ4n) is 1.35. The summed E-state index contributed by atoms with van der Waals surface area (Å²) >= 11 is 0. The molecule has 1 aromatic rings. The van der Waals surface area contributed by atoms with Gasteiger partial charge in [-0.05, 0) is 13.0 Å². The van der Waals surface area contributed by atoms with E-state index in [1.807, 2.05) is 11.6 Å². The molecular weight excluding hydrogens is 281 g/mol. The van der Waals surface area contributed by atoms with Gasteiger partial charge in [-0.2, -0.15) is 0 Å². The summed E-state index contributed by atoms with van der Waals surface area (Å²) in [5.74, 6) is -4.76. The summed E-state index contributed by atoms with van der Waals surface area (Å²) in [5.41, 5.74) is -0.341. The molecule has 0 radical (unpaired) electrons. The van der Waals surface area contributed by atoms with E-state index in [1.165, 1.54) is 0 Å². The van der Waals surface area contributed by atoms with E-state index < -0.39 is 27.5 Å². The van der Waals surface area contributed by atoms with E-state index in [0.29, 0.717) is 18.7 Å². The van der Waals surface area contributed by atoms with Crippen LogP contribution in [-0.2, 0) is 10.0 Å². The van der Waals surface area contributed by atoms with Crippen molar-refractivity contribution >= 4 is 15.7 Å². The number of rotatable bonds is 7. The fourth-order valence-corrected chi connectivity index (χ4v) is 2.35. The van der Waals surface area contributed by atoms with E-state index >= 15 is 0 Å². The highest BCUT2D eigenvalue weighted by molar-refractivity contribution is 7.92. The minimum atomic E-state index is -3.73. The molecule has 0 saturated carbocycles. The van der Waals surface area contributed by atoms with Gasteiger partial charge in [0.25, 0.3) is 0 Å². The van der Waals surface area contributed by atoms with Gasteiger partial charge >= 0.3 is 0 Å². The van der Waals surface area contributed by atoms with Crippen LogP contribution in [0.15, 0.2) is 12.1 Å². The van der Waals surface area contributed by atoms with E-state index in [1.54, 1.807) is 0 Å². The van der Waals surface area contributed by atoms with Gasteiger partial charge in [0.2, 0.25) is 10.0 Å². The van der Waals surface area contributed by atoms with Crippen LogP contribution in [0, 0.1) is 17.5 Å². The summed E-state index contributed by atoms with van der Waals surface area (Å²) in [7, 11) is -3.73. The van der Waals surface area contributed by atoms with Crippen molar-refractivity contribution in [3.63, 3.8) is 0 Å². The SMILES string of the molecule is CCCNCCS(=O)(=O)Nc1cc(F)c(F)c(F)c1. The molecule has 1 rings (SSSR count). The molecule has 2 N–H and O–H groups in total. The van der Waals surface area contributed by atoms with Crippen molar-refractivity contribution in [3.05, 3.63) is 29.6 Å². The van der Waals surface area contributed by atoms with E-state index in [2.05, 4.69) is 5.32 Å². The number of benzene rings is 1. The van der Waals surface area contributed by atoms with Crippen LogP contribution in [0.3, 0.4) is 0 Å². The first-order chi connectivity index (χ1) is 8.85. The van der Waals surface area contributed by atoms with Gasteiger partial charge in [-0.25, -0.2) is 21.6 Å². The van der Waals surface area contributed by atoms with Crippen molar-refractivity contribution in [1.82, 2.24) is 5.32 Å². The van der Waals surface area contributed by atoms with E-state index in [4.69, 9.17) is 0 Å². The summed E-state index contributed by atoms with van der Waals surface area (Å²) < 4.78 is 63.7. The largest absolute Gasteiger partial charge is 0.316 e. The molecule has 0 aromatic heterocycles. The molecule has 0 unspecified atom stereocenters. The molecule has 0 amide bonds. The Balaban J connectivity index is 2.68. The number of anilines is 1. The first-order valence-corrected chi connectivity index (χ1v) is 7.36. The lowest BCUT2D eigenvalue weighted by molar-refractivity contribution is 0.448. The highest BCUT2D eigenvalue weighted by atomic mass is 32.2. The standard InChI is InChI=1S/C11H15F3N2O2S/c1-2-3-15-4-5-19(17,18)16-8-6-9(12)11(14)10(13)7-8/h6-7,15-16H,2-5H2,1H3. The molecule has 0 spiro atoms. The minimum absolute atomic E-state index is 0.218. The normalized spacial score (nSPS) is 11.6. The molecule has 108 valence electrons. The molecule has 0 bridgehead atoms. The maximum absolute atomic E-state index is 12.9. The number of hydrogen-bond acceptors (Lipinski definition) is 3. The molecule has 4 nitrogen and oxygen atoms in total. The van der Waals surface area contributed by atoms with Crippen LogP contribution in [-0.4, -0.2) is 27.3 Å². The van der Waals surface area contributed by atoms with Crippen LogP contribution in [0.25, 0.3) is 0 Å². The summed E-state index contributed by atoms with van der Waals surface area (Å²) in [4.78, 5) is 0. The molecule has 0 aliphatic heterocycles. The highest BCUT2D eigenvalue weighted by Gasteiger charge is 2.15. The Labute approximate surface area is 110 Å². The second-order valence-corrected chi connectivity index (χ2v) is 5.77. The summed E-state index contributed by atoms with van der Waals surface area (Å²) in [6.45, 7) is 2.83. The molecule has 1 aromatic carbocycles. The maximum Gasteiger partial charge on any atom is 0.233 e. The Bertz CT molecular complexity index is 512. The first kappa shape index (κ1) is 15.8. The third kappa shape index (κ3) is 5.07. The van der Waals surface area contributed by atoms with Crippen molar-refractivity contribution in [3.8, 4) is 0 Å². The van der Waals surface area contributed by atoms with Crippen LogP contribution in [0.4, 0.5) is 18.9 Å². The predicted molar refractivity (Wildman–Crippen MR) is 66.9 cm³/mol. The smallest absolute Gasteiger partial charge is 0.233 e. The van der Waals surface area contributed by atoms with Crippen LogP contribution in [0.5, 0.6) is 0 Å². The van der Waals surface area contributed by atoms with Gasteiger partial charge in [0.05, 0.1) is 11.4 Å². The lowest BCUT2D eigenvalue weighted by Gasteiger charge is -2.09. The molecule has 0 heterocycles. The molecule has 0 aliphatic rings.